The number of rotatable bonds is 1. The Morgan fingerprint density at radius 3 is 2.60 bits per heavy atom. The number of aromatic nitrogens is 1. The van der Waals surface area contributed by atoms with Crippen molar-refractivity contribution in [3.63, 3.8) is 0 Å². The second-order valence-corrected chi connectivity index (χ2v) is 2.13. The second-order valence-electron chi connectivity index (χ2n) is 2.13. The average Bonchev–Trinajstić information content (AvgIpc) is 2.05. The van der Waals surface area contributed by atoms with Crippen LogP contribution in [0.4, 0.5) is 0 Å². The zero-order valence-electron chi connectivity index (χ0n) is 5.78. The quantitative estimate of drug-likeness (QED) is 0.583. The van der Waals surface area contributed by atoms with Crippen molar-refractivity contribution in [1.29, 1.82) is 5.26 Å². The Labute approximate surface area is 60.1 Å². The first-order valence-corrected chi connectivity index (χ1v) is 3.14. The third kappa shape index (κ3) is 1.32. The summed E-state index contributed by atoms with van der Waals surface area (Å²) < 4.78 is 0. The normalized spacial score (nSPS) is 12.0. The second kappa shape index (κ2) is 2.98. The molecule has 10 heavy (non-hydrogen) atoms. The smallest absolute Gasteiger partial charge is 0.0700 e. The lowest BCUT2D eigenvalue weighted by Gasteiger charge is -1.98. The van der Waals surface area contributed by atoms with Gasteiger partial charge in [-0.25, -0.2) is 0 Å². The highest BCUT2D eigenvalue weighted by Crippen LogP contribution is 2.10. The largest absolute Gasteiger partial charge is 0.265 e. The summed E-state index contributed by atoms with van der Waals surface area (Å²) in [6.07, 6.45) is 3.40. The van der Waals surface area contributed by atoms with E-state index in [4.69, 9.17) is 5.26 Å². The monoisotopic (exact) mass is 132 g/mol. The van der Waals surface area contributed by atoms with Crippen LogP contribution in [0.2, 0.25) is 0 Å². The van der Waals surface area contributed by atoms with Crippen molar-refractivity contribution in [2.45, 2.75) is 12.8 Å². The van der Waals surface area contributed by atoms with Crippen molar-refractivity contribution < 1.29 is 0 Å². The van der Waals surface area contributed by atoms with E-state index in [2.05, 4.69) is 11.1 Å². The average molecular weight is 132 g/mol. The minimum Gasteiger partial charge on any atom is -0.265 e. The van der Waals surface area contributed by atoms with Crippen LogP contribution in [0.5, 0.6) is 0 Å². The van der Waals surface area contributed by atoms with Crippen LogP contribution in [-0.2, 0) is 0 Å². The molecular weight excluding hydrogens is 124 g/mol. The molecule has 0 aliphatic carbocycles. The molecule has 0 bridgehead atoms. The van der Waals surface area contributed by atoms with Crippen LogP contribution < -0.4 is 0 Å². The van der Waals surface area contributed by atoms with E-state index in [1.807, 2.05) is 19.1 Å². The number of nitriles is 1. The van der Waals surface area contributed by atoms with E-state index in [-0.39, 0.29) is 5.92 Å². The standard InChI is InChI=1S/C8H8N2/c1-7(6-9)8-2-4-10-5-3-8/h2-5,7H,1H3. The van der Waals surface area contributed by atoms with Gasteiger partial charge in [-0.3, -0.25) is 4.98 Å². The molecule has 1 heterocycles. The van der Waals surface area contributed by atoms with Crippen LogP contribution in [0, 0.1) is 11.3 Å². The summed E-state index contributed by atoms with van der Waals surface area (Å²) in [5, 5.41) is 8.52. The Kier molecular flexibility index (Phi) is 2.01. The summed E-state index contributed by atoms with van der Waals surface area (Å²) >= 11 is 0. The van der Waals surface area contributed by atoms with Gasteiger partial charge in [-0.05, 0) is 24.6 Å². The van der Waals surface area contributed by atoms with E-state index in [0.29, 0.717) is 0 Å². The van der Waals surface area contributed by atoms with Gasteiger partial charge in [0.1, 0.15) is 0 Å². The maximum atomic E-state index is 8.52. The SMILES string of the molecule is CC(C#N)c1ccncc1. The summed E-state index contributed by atoms with van der Waals surface area (Å²) in [5.74, 6) is -0.0250. The van der Waals surface area contributed by atoms with Gasteiger partial charge in [-0.2, -0.15) is 5.26 Å². The van der Waals surface area contributed by atoms with Crippen molar-refractivity contribution >= 4 is 0 Å². The zero-order chi connectivity index (χ0) is 7.40. The van der Waals surface area contributed by atoms with Gasteiger partial charge in [0, 0.05) is 12.4 Å². The van der Waals surface area contributed by atoms with Crippen LogP contribution in [0.3, 0.4) is 0 Å². The predicted octanol–water partition coefficient (Wildman–Crippen LogP) is 1.71. The summed E-state index contributed by atoms with van der Waals surface area (Å²) in [7, 11) is 0. The molecule has 0 fully saturated rings. The Bertz CT molecular complexity index is 235. The van der Waals surface area contributed by atoms with Gasteiger partial charge in [0.25, 0.3) is 0 Å². The fourth-order valence-electron chi connectivity index (χ4n) is 0.727. The highest BCUT2D eigenvalue weighted by atomic mass is 14.6. The van der Waals surface area contributed by atoms with Crippen molar-refractivity contribution in [3.8, 4) is 6.07 Å². The zero-order valence-corrected chi connectivity index (χ0v) is 5.78. The van der Waals surface area contributed by atoms with Gasteiger partial charge in [-0.15, -0.1) is 0 Å². The van der Waals surface area contributed by atoms with E-state index in [9.17, 15) is 0 Å². The third-order valence-corrected chi connectivity index (χ3v) is 1.40. The molecule has 0 aliphatic heterocycles. The van der Waals surface area contributed by atoms with E-state index in [1.54, 1.807) is 12.4 Å². The number of hydrogen-bond acceptors (Lipinski definition) is 2. The Hall–Kier alpha value is -1.36. The lowest BCUT2D eigenvalue weighted by atomic mass is 10.1. The van der Waals surface area contributed by atoms with Crippen LogP contribution in [-0.4, -0.2) is 4.98 Å². The number of pyridine rings is 1. The minimum absolute atomic E-state index is 0.0250. The molecule has 0 amide bonds. The molecule has 0 N–H and O–H groups in total. The summed E-state index contributed by atoms with van der Waals surface area (Å²) in [4.78, 5) is 3.85. The molecule has 1 unspecified atom stereocenters. The molecule has 50 valence electrons. The maximum Gasteiger partial charge on any atom is 0.0700 e. The maximum absolute atomic E-state index is 8.52. The first-order chi connectivity index (χ1) is 4.84. The lowest BCUT2D eigenvalue weighted by Crippen LogP contribution is -1.87. The molecule has 0 saturated carbocycles. The van der Waals surface area contributed by atoms with Crippen molar-refractivity contribution in [2.24, 2.45) is 0 Å². The molecule has 1 aromatic heterocycles. The topological polar surface area (TPSA) is 36.7 Å². The van der Waals surface area contributed by atoms with Gasteiger partial charge in [0.05, 0.1) is 12.0 Å². The van der Waals surface area contributed by atoms with Crippen LogP contribution in [0.25, 0.3) is 0 Å². The molecule has 2 heteroatoms. The fraction of sp³-hybridized carbons (Fsp3) is 0.250. The van der Waals surface area contributed by atoms with Gasteiger partial charge in [-0.1, -0.05) is 0 Å². The summed E-state index contributed by atoms with van der Waals surface area (Å²) in [5.41, 5.74) is 1.03. The van der Waals surface area contributed by atoms with Gasteiger partial charge < -0.3 is 0 Å². The molecular formula is C8H8N2. The molecule has 0 spiro atoms. The highest BCUT2D eigenvalue weighted by Gasteiger charge is 2.00. The molecule has 0 radical (unpaired) electrons. The Morgan fingerprint density at radius 2 is 2.10 bits per heavy atom. The minimum atomic E-state index is -0.0250. The number of nitrogens with zero attached hydrogens (tertiary/aromatic N) is 2. The lowest BCUT2D eigenvalue weighted by molar-refractivity contribution is 0.975. The summed E-state index contributed by atoms with van der Waals surface area (Å²) in [6.45, 7) is 1.87. The van der Waals surface area contributed by atoms with E-state index in [0.717, 1.165) is 5.56 Å². The van der Waals surface area contributed by atoms with Gasteiger partial charge >= 0.3 is 0 Å². The van der Waals surface area contributed by atoms with Gasteiger partial charge in [0.15, 0.2) is 0 Å². The van der Waals surface area contributed by atoms with Gasteiger partial charge in [0.2, 0.25) is 0 Å². The molecule has 1 atom stereocenters. The fourth-order valence-corrected chi connectivity index (χ4v) is 0.727. The Morgan fingerprint density at radius 1 is 1.50 bits per heavy atom. The van der Waals surface area contributed by atoms with Crippen molar-refractivity contribution in [2.75, 3.05) is 0 Å². The molecule has 0 aliphatic rings. The molecule has 0 saturated heterocycles. The van der Waals surface area contributed by atoms with Crippen molar-refractivity contribution in [3.05, 3.63) is 30.1 Å². The van der Waals surface area contributed by atoms with Crippen molar-refractivity contribution in [1.82, 2.24) is 4.98 Å². The summed E-state index contributed by atoms with van der Waals surface area (Å²) in [6, 6.07) is 5.86. The van der Waals surface area contributed by atoms with Crippen LogP contribution in [0.15, 0.2) is 24.5 Å². The highest BCUT2D eigenvalue weighted by molar-refractivity contribution is 5.20. The molecule has 0 aromatic carbocycles. The number of hydrogen-bond donors (Lipinski definition) is 0. The third-order valence-electron chi connectivity index (χ3n) is 1.40. The molecule has 1 rings (SSSR count). The van der Waals surface area contributed by atoms with E-state index >= 15 is 0 Å². The predicted molar refractivity (Wildman–Crippen MR) is 38.3 cm³/mol. The first-order valence-electron chi connectivity index (χ1n) is 3.14. The van der Waals surface area contributed by atoms with E-state index in [1.165, 1.54) is 0 Å². The first kappa shape index (κ1) is 6.76. The molecule has 2 nitrogen and oxygen atoms in total. The molecule has 1 aromatic rings. The van der Waals surface area contributed by atoms with Crippen LogP contribution in [0.1, 0.15) is 18.4 Å². The Balaban J connectivity index is 2.88. The van der Waals surface area contributed by atoms with Crippen LogP contribution >= 0.6 is 0 Å². The van der Waals surface area contributed by atoms with E-state index < -0.39 is 0 Å².